The lowest BCUT2D eigenvalue weighted by Crippen LogP contribution is -2.15. The maximum atomic E-state index is 4.70. The minimum absolute atomic E-state index is 0.977. The van der Waals surface area contributed by atoms with Crippen LogP contribution in [0.2, 0.25) is 0 Å². The summed E-state index contributed by atoms with van der Waals surface area (Å²) in [5.74, 6) is 0. The van der Waals surface area contributed by atoms with E-state index >= 15 is 0 Å². The number of hydrogen-bond donors (Lipinski definition) is 0. The third-order valence-electron chi connectivity index (χ3n) is 7.79. The monoisotopic (exact) mass is 543 g/mol. The van der Waals surface area contributed by atoms with Gasteiger partial charge in [0.15, 0.2) is 0 Å². The summed E-state index contributed by atoms with van der Waals surface area (Å²) in [5, 5.41) is 3.77. The predicted molar refractivity (Wildman–Crippen MR) is 179 cm³/mol. The Morgan fingerprint density at radius 1 is 0.537 bits per heavy atom. The minimum Gasteiger partial charge on any atom is -0.310 e. The van der Waals surface area contributed by atoms with E-state index in [-0.39, 0.29) is 0 Å². The highest BCUT2D eigenvalue weighted by molar-refractivity contribution is 7.19. The Hall–Kier alpha value is -4.92. The molecule has 0 N–H and O–H groups in total. The van der Waals surface area contributed by atoms with Crippen molar-refractivity contribution in [1.29, 1.82) is 0 Å². The summed E-state index contributed by atoms with van der Waals surface area (Å²) in [6, 6.07) is 52.0. The summed E-state index contributed by atoms with van der Waals surface area (Å²) < 4.78 is 1.28. The molecule has 196 valence electrons. The maximum absolute atomic E-state index is 4.70. The Morgan fingerprint density at radius 2 is 1.10 bits per heavy atom. The lowest BCUT2D eigenvalue weighted by atomic mass is 9.98. The molecule has 41 heavy (non-hydrogen) atoms. The van der Waals surface area contributed by atoms with Gasteiger partial charge in [-0.25, -0.2) is 0 Å². The molecule has 0 aliphatic carbocycles. The summed E-state index contributed by atoms with van der Waals surface area (Å²) in [5.41, 5.74) is 9.20. The van der Waals surface area contributed by atoms with E-state index in [0.717, 1.165) is 17.1 Å². The van der Waals surface area contributed by atoms with Crippen LogP contribution >= 0.6 is 11.3 Å². The van der Waals surface area contributed by atoms with Crippen molar-refractivity contribution in [3.05, 3.63) is 163 Å². The molecule has 1 nitrogen and oxygen atoms in total. The van der Waals surface area contributed by atoms with Gasteiger partial charge < -0.3 is 4.90 Å². The molecule has 0 amide bonds. The lowest BCUT2D eigenvalue weighted by Gasteiger charge is -2.28. The van der Waals surface area contributed by atoms with Crippen molar-refractivity contribution >= 4 is 49.3 Å². The fraction of sp³-hybridized carbons (Fsp3) is 0.0256. The fourth-order valence-corrected chi connectivity index (χ4v) is 6.89. The summed E-state index contributed by atoms with van der Waals surface area (Å²) >= 11 is 1.83. The first kappa shape index (κ1) is 25.1. The zero-order valence-corrected chi connectivity index (χ0v) is 23.7. The van der Waals surface area contributed by atoms with Gasteiger partial charge in [-0.1, -0.05) is 122 Å². The first-order valence-electron chi connectivity index (χ1n) is 13.9. The van der Waals surface area contributed by atoms with Crippen molar-refractivity contribution in [2.45, 2.75) is 6.92 Å². The molecule has 0 saturated heterocycles. The van der Waals surface area contributed by atoms with E-state index in [0.29, 0.717) is 0 Å². The van der Waals surface area contributed by atoms with Gasteiger partial charge in [0.05, 0.1) is 0 Å². The Morgan fingerprint density at radius 3 is 1.83 bits per heavy atom. The Kier molecular flexibility index (Phi) is 6.47. The Labute approximate surface area is 245 Å². The molecule has 0 fully saturated rings. The van der Waals surface area contributed by atoms with Crippen LogP contribution in [0.5, 0.6) is 0 Å². The largest absolute Gasteiger partial charge is 0.310 e. The molecule has 0 aliphatic rings. The van der Waals surface area contributed by atoms with Gasteiger partial charge in [-0.3, -0.25) is 0 Å². The first-order chi connectivity index (χ1) is 20.2. The average Bonchev–Trinajstić information content (AvgIpc) is 3.37. The van der Waals surface area contributed by atoms with Crippen LogP contribution in [0.4, 0.5) is 11.4 Å². The fourth-order valence-electron chi connectivity index (χ4n) is 5.80. The highest BCUT2D eigenvalue weighted by Gasteiger charge is 2.20. The van der Waals surface area contributed by atoms with Crippen LogP contribution in [0.3, 0.4) is 0 Å². The van der Waals surface area contributed by atoms with Gasteiger partial charge in [-0.15, -0.1) is 11.3 Å². The van der Waals surface area contributed by atoms with E-state index in [1.54, 1.807) is 0 Å². The number of benzene rings is 6. The number of rotatable bonds is 6. The van der Waals surface area contributed by atoms with Crippen LogP contribution in [-0.4, -0.2) is 0 Å². The number of aryl methyl sites for hydroxylation is 1. The maximum Gasteiger partial charge on any atom is 0.0479 e. The number of anilines is 2. The molecule has 0 radical (unpaired) electrons. The van der Waals surface area contributed by atoms with Crippen LogP contribution in [-0.2, 0) is 0 Å². The Bertz CT molecular complexity index is 1990. The van der Waals surface area contributed by atoms with Crippen molar-refractivity contribution in [1.82, 2.24) is 0 Å². The first-order valence-corrected chi connectivity index (χ1v) is 14.7. The van der Waals surface area contributed by atoms with E-state index in [2.05, 4.69) is 157 Å². The highest BCUT2D eigenvalue weighted by atomic mass is 32.1. The van der Waals surface area contributed by atoms with E-state index < -0.39 is 0 Å². The van der Waals surface area contributed by atoms with Crippen LogP contribution in [0.25, 0.3) is 48.8 Å². The second-order valence-electron chi connectivity index (χ2n) is 10.3. The van der Waals surface area contributed by atoms with Crippen LogP contribution in [0.1, 0.15) is 10.4 Å². The van der Waals surface area contributed by atoms with Crippen molar-refractivity contribution in [3.8, 4) is 22.3 Å². The van der Waals surface area contributed by atoms with Gasteiger partial charge >= 0.3 is 0 Å². The molecule has 1 aromatic heterocycles. The molecule has 0 saturated carbocycles. The molecule has 0 bridgehead atoms. The Balaban J connectivity index is 1.33. The van der Waals surface area contributed by atoms with Crippen molar-refractivity contribution < 1.29 is 0 Å². The molecule has 2 heteroatoms. The van der Waals surface area contributed by atoms with E-state index in [1.165, 1.54) is 53.6 Å². The zero-order chi connectivity index (χ0) is 27.8. The van der Waals surface area contributed by atoms with Gasteiger partial charge in [-0.05, 0) is 70.3 Å². The van der Waals surface area contributed by atoms with E-state index in [4.69, 9.17) is 6.58 Å². The average molecular weight is 544 g/mol. The summed E-state index contributed by atoms with van der Waals surface area (Å²) in [4.78, 5) is 3.57. The molecule has 0 atom stereocenters. The quantitative estimate of drug-likeness (QED) is 0.202. The van der Waals surface area contributed by atoms with Crippen LogP contribution in [0, 0.1) is 6.92 Å². The molecule has 7 rings (SSSR count). The molecule has 0 aliphatic heterocycles. The summed E-state index contributed by atoms with van der Waals surface area (Å²) in [7, 11) is 0. The number of hydrogen-bond acceptors (Lipinski definition) is 2. The van der Waals surface area contributed by atoms with Gasteiger partial charge in [0, 0.05) is 37.6 Å². The van der Waals surface area contributed by atoms with Gasteiger partial charge in [0.25, 0.3) is 0 Å². The van der Waals surface area contributed by atoms with Crippen molar-refractivity contribution in [3.63, 3.8) is 0 Å². The van der Waals surface area contributed by atoms with Crippen LogP contribution in [0.15, 0.2) is 152 Å². The van der Waals surface area contributed by atoms with Gasteiger partial charge in [0.1, 0.15) is 0 Å². The zero-order valence-electron chi connectivity index (χ0n) is 22.9. The standard InChI is InChI=1S/C39H29NS/c1-27(39-28(2)41-38-18-9-8-16-37(38)39)40(33-23-19-30(20-24-33)29-11-4-3-5-12-29)34-25-21-32(22-26-34)36-17-10-14-31-13-6-7-15-35(31)36/h3-26H,1H2,2H3. The molecule has 0 unspecified atom stereocenters. The minimum atomic E-state index is 0.977. The van der Waals surface area contributed by atoms with Crippen molar-refractivity contribution in [2.24, 2.45) is 0 Å². The SMILES string of the molecule is C=C(c1c(C)sc2ccccc12)N(c1ccc(-c2ccccc2)cc1)c1ccc(-c2cccc3ccccc23)cc1. The van der Waals surface area contributed by atoms with E-state index in [9.17, 15) is 0 Å². The lowest BCUT2D eigenvalue weighted by molar-refractivity contribution is 1.30. The molecule has 7 aromatic rings. The summed E-state index contributed by atoms with van der Waals surface area (Å²) in [6.45, 7) is 6.90. The third-order valence-corrected chi connectivity index (χ3v) is 8.87. The topological polar surface area (TPSA) is 3.24 Å². The molecule has 1 heterocycles. The van der Waals surface area contributed by atoms with Crippen molar-refractivity contribution in [2.75, 3.05) is 4.90 Å². The van der Waals surface area contributed by atoms with E-state index in [1.807, 2.05) is 11.3 Å². The van der Waals surface area contributed by atoms with Gasteiger partial charge in [0.2, 0.25) is 0 Å². The molecular formula is C39H29NS. The number of fused-ring (bicyclic) bond motifs is 2. The number of nitrogens with zero attached hydrogens (tertiary/aromatic N) is 1. The van der Waals surface area contributed by atoms with Crippen LogP contribution < -0.4 is 4.90 Å². The smallest absolute Gasteiger partial charge is 0.0479 e. The van der Waals surface area contributed by atoms with Gasteiger partial charge in [-0.2, -0.15) is 0 Å². The number of thiophene rings is 1. The second kappa shape index (κ2) is 10.6. The predicted octanol–water partition coefficient (Wildman–Crippen LogP) is 11.5. The third kappa shape index (κ3) is 4.63. The molecule has 6 aromatic carbocycles. The normalized spacial score (nSPS) is 11.1. The highest BCUT2D eigenvalue weighted by Crippen LogP contribution is 2.42. The summed E-state index contributed by atoms with van der Waals surface area (Å²) in [6.07, 6.45) is 0. The second-order valence-corrected chi connectivity index (χ2v) is 11.6. The molecule has 0 spiro atoms. The molecular weight excluding hydrogens is 515 g/mol.